The number of aryl methyl sites for hydroxylation is 2. The summed E-state index contributed by atoms with van der Waals surface area (Å²) in [5, 5.41) is 22.3. The third-order valence-electron chi connectivity index (χ3n) is 15.7. The van der Waals surface area contributed by atoms with Crippen LogP contribution >= 0.6 is 0 Å². The number of benzene rings is 2. The van der Waals surface area contributed by atoms with E-state index in [1.165, 1.54) is 0 Å². The van der Waals surface area contributed by atoms with Crippen LogP contribution in [0.15, 0.2) is 110 Å². The van der Waals surface area contributed by atoms with E-state index in [9.17, 15) is 0 Å². The van der Waals surface area contributed by atoms with Gasteiger partial charge < -0.3 is 42.2 Å². The number of aromatic nitrogens is 16. The van der Waals surface area contributed by atoms with Crippen molar-refractivity contribution in [2.75, 3.05) is 51.5 Å². The second kappa shape index (κ2) is 25.9. The largest absolute Gasteiger partial charge is 0.497 e. The van der Waals surface area contributed by atoms with Crippen LogP contribution in [0.1, 0.15) is 53.2 Å². The summed E-state index contributed by atoms with van der Waals surface area (Å²) < 4.78 is 42.4. The van der Waals surface area contributed by atoms with Crippen molar-refractivity contribution >= 4 is 62.0 Å². The van der Waals surface area contributed by atoms with Gasteiger partial charge in [-0.1, -0.05) is 41.5 Å². The molecule has 10 aromatic rings. The van der Waals surface area contributed by atoms with Gasteiger partial charge in [0.15, 0.2) is 39.6 Å². The van der Waals surface area contributed by atoms with Crippen molar-refractivity contribution in [2.24, 2.45) is 14.1 Å². The molecule has 24 nitrogen and oxygen atoms in total. The molecule has 0 N–H and O–H groups in total. The fourth-order valence-electron chi connectivity index (χ4n) is 8.58. The van der Waals surface area contributed by atoms with Crippen molar-refractivity contribution in [2.45, 2.75) is 104 Å². The maximum Gasteiger partial charge on any atom is 0.192 e. The molecule has 10 rings (SSSR count). The van der Waals surface area contributed by atoms with E-state index in [-0.39, 0.29) is 10.1 Å². The summed E-state index contributed by atoms with van der Waals surface area (Å²) in [5.41, 5.74) is 7.14. The van der Waals surface area contributed by atoms with E-state index in [1.807, 2.05) is 106 Å². The predicted molar refractivity (Wildman–Crippen MR) is 336 cm³/mol. The molecule has 452 valence electrons. The Bertz CT molecular complexity index is 3880. The molecule has 0 fully saturated rings. The standard InChI is InChI=1S/2C30H39N9O3Si/c1-30(2,3)43(7,8)42-12-11-38-20-32-27(36-38)19-39(22-13-23(40-5)15-24(14-22)41-6)28-10-9-25-29(35-28)34-26(17-31-25)21-16-33-37(4)18-21;1-30(2,3)43(7,8)42-12-11-38-20-32-36-28(38)19-39(22-13-23(40-5)15-24(14-22)41-6)27-10-9-25-29(35-27)34-26(17-31-25)21-16-33-37(4)18-21/h2*9-10,13-18,20H,11-12,19H2,1-8H3. The normalized spacial score (nSPS) is 12.1. The number of ether oxygens (including phenoxy) is 4. The maximum absolute atomic E-state index is 6.44. The molecule has 0 radical (unpaired) electrons. The zero-order chi connectivity index (χ0) is 61.6. The van der Waals surface area contributed by atoms with Crippen molar-refractivity contribution in [3.05, 3.63) is 122 Å². The number of fused-ring (bicyclic) bond motifs is 2. The van der Waals surface area contributed by atoms with E-state index in [2.05, 4.69) is 103 Å². The van der Waals surface area contributed by atoms with Crippen molar-refractivity contribution < 1.29 is 27.8 Å². The molecule has 0 saturated carbocycles. The van der Waals surface area contributed by atoms with Crippen LogP contribution in [0, 0.1) is 0 Å². The molecule has 8 heterocycles. The lowest BCUT2D eigenvalue weighted by Crippen LogP contribution is -2.41. The van der Waals surface area contributed by atoms with E-state index in [4.69, 9.17) is 52.8 Å². The van der Waals surface area contributed by atoms with Crippen molar-refractivity contribution in [3.8, 4) is 45.5 Å². The molecular formula is C60H78N18O6Si2. The molecule has 0 saturated heterocycles. The van der Waals surface area contributed by atoms with Crippen molar-refractivity contribution in [1.82, 2.24) is 79.0 Å². The summed E-state index contributed by atoms with van der Waals surface area (Å²) in [7, 11) is 6.51. The van der Waals surface area contributed by atoms with Crippen LogP contribution in [0.25, 0.3) is 44.8 Å². The molecule has 0 spiro atoms. The number of rotatable bonds is 22. The van der Waals surface area contributed by atoms with Crippen LogP contribution in [0.4, 0.5) is 23.0 Å². The molecule has 0 amide bonds. The molecule has 0 atom stereocenters. The van der Waals surface area contributed by atoms with Crippen LogP contribution in [0.5, 0.6) is 23.0 Å². The summed E-state index contributed by atoms with van der Waals surface area (Å²) >= 11 is 0. The summed E-state index contributed by atoms with van der Waals surface area (Å²) in [6, 6.07) is 19.1. The van der Waals surface area contributed by atoms with E-state index in [0.29, 0.717) is 114 Å². The van der Waals surface area contributed by atoms with E-state index in [0.717, 1.165) is 28.3 Å². The number of pyridine rings is 2. The molecule has 8 aromatic heterocycles. The van der Waals surface area contributed by atoms with Crippen molar-refractivity contribution in [1.29, 1.82) is 0 Å². The quantitative estimate of drug-likeness (QED) is 0.0573. The summed E-state index contributed by atoms with van der Waals surface area (Å²) in [4.78, 5) is 37.3. The van der Waals surface area contributed by atoms with Gasteiger partial charge in [0.1, 0.15) is 58.3 Å². The zero-order valence-electron chi connectivity index (χ0n) is 52.1. The first-order chi connectivity index (χ1) is 40.9. The first kappa shape index (κ1) is 61.8. The van der Waals surface area contributed by atoms with Gasteiger partial charge in [-0.3, -0.25) is 24.0 Å². The second-order valence-electron chi connectivity index (χ2n) is 23.7. The van der Waals surface area contributed by atoms with Crippen LogP contribution in [0.3, 0.4) is 0 Å². The van der Waals surface area contributed by atoms with Crippen molar-refractivity contribution in [3.63, 3.8) is 0 Å². The fraction of sp³-hybridized carbons (Fsp3) is 0.400. The van der Waals surface area contributed by atoms with Crippen LogP contribution in [0.2, 0.25) is 36.3 Å². The second-order valence-corrected chi connectivity index (χ2v) is 33.4. The smallest absolute Gasteiger partial charge is 0.192 e. The van der Waals surface area contributed by atoms with Gasteiger partial charge in [-0.05, 0) is 60.5 Å². The number of hydrogen-bond donors (Lipinski definition) is 0. The van der Waals surface area contributed by atoms with Gasteiger partial charge in [-0.15, -0.1) is 10.2 Å². The SMILES string of the molecule is COc1cc(OC)cc(N(Cc2ncn(CCO[Si](C)(C)C(C)(C)C)n2)c2ccc3ncc(-c4cnn(C)c4)nc3n2)c1.COc1cc(OC)cc(N(Cc2nncn2CCO[Si](C)(C)C(C)(C)C)c2ccc3ncc(-c4cnn(C)c4)nc3n2)c1. The lowest BCUT2D eigenvalue weighted by molar-refractivity contribution is 0.265. The van der Waals surface area contributed by atoms with Gasteiger partial charge in [-0.25, -0.2) is 24.9 Å². The molecule has 0 unspecified atom stereocenters. The third kappa shape index (κ3) is 14.7. The van der Waals surface area contributed by atoms with Gasteiger partial charge in [-0.2, -0.15) is 15.3 Å². The topological polar surface area (TPSA) is 236 Å². The van der Waals surface area contributed by atoms with Gasteiger partial charge in [0.25, 0.3) is 0 Å². The Kier molecular flexibility index (Phi) is 18.6. The first-order valence-electron chi connectivity index (χ1n) is 28.2. The number of methoxy groups -OCH3 is 4. The molecule has 0 aliphatic carbocycles. The van der Waals surface area contributed by atoms with Gasteiger partial charge >= 0.3 is 0 Å². The van der Waals surface area contributed by atoms with Gasteiger partial charge in [0.05, 0.1) is 109 Å². The minimum Gasteiger partial charge on any atom is -0.497 e. The zero-order valence-corrected chi connectivity index (χ0v) is 54.1. The highest BCUT2D eigenvalue weighted by Gasteiger charge is 2.38. The highest BCUT2D eigenvalue weighted by atomic mass is 28.4. The average molecular weight is 1200 g/mol. The number of hydrogen-bond acceptors (Lipinski definition) is 20. The Labute approximate surface area is 503 Å². The fourth-order valence-corrected chi connectivity index (χ4v) is 10.6. The Morgan fingerprint density at radius 3 is 1.41 bits per heavy atom. The Hall–Kier alpha value is -8.73. The number of nitrogens with zero attached hydrogens (tertiary/aromatic N) is 18. The Morgan fingerprint density at radius 1 is 0.523 bits per heavy atom. The lowest BCUT2D eigenvalue weighted by Gasteiger charge is -2.36. The van der Waals surface area contributed by atoms with Gasteiger partial charge in [0.2, 0.25) is 0 Å². The summed E-state index contributed by atoms with van der Waals surface area (Å²) in [6.45, 7) is 25.6. The third-order valence-corrected chi connectivity index (χ3v) is 24.8. The lowest BCUT2D eigenvalue weighted by atomic mass is 10.2. The van der Waals surface area contributed by atoms with Crippen LogP contribution in [-0.4, -0.2) is 137 Å². The van der Waals surface area contributed by atoms with Crippen LogP contribution in [-0.2, 0) is 49.1 Å². The first-order valence-corrected chi connectivity index (χ1v) is 34.0. The summed E-state index contributed by atoms with van der Waals surface area (Å²) in [6.07, 6.45) is 14.3. The Balaban J connectivity index is 0.000000205. The molecule has 0 bridgehead atoms. The molecular weight excluding hydrogens is 1120 g/mol. The number of anilines is 4. The molecule has 26 heteroatoms. The van der Waals surface area contributed by atoms with E-state index < -0.39 is 16.6 Å². The predicted octanol–water partition coefficient (Wildman–Crippen LogP) is 10.8. The molecule has 0 aliphatic heterocycles. The average Bonchev–Trinajstić information content (AvgIpc) is 1.73. The van der Waals surface area contributed by atoms with E-state index in [1.54, 1.807) is 75.2 Å². The Morgan fingerprint density at radius 2 is 0.977 bits per heavy atom. The molecule has 2 aromatic carbocycles. The maximum atomic E-state index is 6.44. The molecule has 86 heavy (non-hydrogen) atoms. The van der Waals surface area contributed by atoms with E-state index >= 15 is 0 Å². The molecule has 0 aliphatic rings. The van der Waals surface area contributed by atoms with Gasteiger partial charge in [0, 0.05) is 80.6 Å². The highest BCUT2D eigenvalue weighted by molar-refractivity contribution is 6.74. The summed E-state index contributed by atoms with van der Waals surface area (Å²) in [5.74, 6) is 5.32. The minimum atomic E-state index is -1.89. The minimum absolute atomic E-state index is 0.132. The highest BCUT2D eigenvalue weighted by Crippen LogP contribution is 2.39. The van der Waals surface area contributed by atoms with Crippen LogP contribution < -0.4 is 28.7 Å². The monoisotopic (exact) mass is 1200 g/mol.